The first-order valence-corrected chi connectivity index (χ1v) is 10.6. The van der Waals surface area contributed by atoms with E-state index >= 15 is 0 Å². The molecule has 3 nitrogen and oxygen atoms in total. The lowest BCUT2D eigenvalue weighted by Gasteiger charge is -2.12. The molecule has 2 N–H and O–H groups in total. The number of hydrogen-bond donors (Lipinski definition) is 2. The van der Waals surface area contributed by atoms with Crippen molar-refractivity contribution in [3.63, 3.8) is 0 Å². The number of hydrogen-bond acceptors (Lipinski definition) is 3. The SMILES string of the molecule is OCc1cc2cc(-c3cc(-c4ccccc4)cc(-c4ccccc4)c3)cnc2cc1CO. The summed E-state index contributed by atoms with van der Waals surface area (Å²) in [4.78, 5) is 4.65. The summed E-state index contributed by atoms with van der Waals surface area (Å²) in [6.07, 6.45) is 1.88. The van der Waals surface area contributed by atoms with E-state index in [9.17, 15) is 10.2 Å². The minimum Gasteiger partial charge on any atom is -0.392 e. The molecule has 0 aliphatic rings. The number of aromatic nitrogens is 1. The quantitative estimate of drug-likeness (QED) is 0.357. The highest BCUT2D eigenvalue weighted by Gasteiger charge is 2.10. The summed E-state index contributed by atoms with van der Waals surface area (Å²) in [6, 6.07) is 33.2. The molecule has 0 saturated carbocycles. The van der Waals surface area contributed by atoms with Crippen LogP contribution < -0.4 is 0 Å². The topological polar surface area (TPSA) is 53.4 Å². The maximum Gasteiger partial charge on any atom is 0.0706 e. The molecule has 0 spiro atoms. The van der Waals surface area contributed by atoms with Crippen LogP contribution in [0.1, 0.15) is 11.1 Å². The van der Waals surface area contributed by atoms with Crippen molar-refractivity contribution in [3.8, 4) is 33.4 Å². The number of pyridine rings is 1. The van der Waals surface area contributed by atoms with Gasteiger partial charge in [-0.2, -0.15) is 0 Å². The first-order chi connectivity index (χ1) is 15.7. The van der Waals surface area contributed by atoms with Gasteiger partial charge in [-0.25, -0.2) is 0 Å². The van der Waals surface area contributed by atoms with E-state index in [4.69, 9.17) is 0 Å². The van der Waals surface area contributed by atoms with Crippen LogP contribution in [0.25, 0.3) is 44.3 Å². The highest BCUT2D eigenvalue weighted by Crippen LogP contribution is 2.34. The fourth-order valence-corrected chi connectivity index (χ4v) is 4.11. The van der Waals surface area contributed by atoms with Gasteiger partial charge in [0.25, 0.3) is 0 Å². The van der Waals surface area contributed by atoms with E-state index in [0.717, 1.165) is 49.8 Å². The normalized spacial score (nSPS) is 11.1. The smallest absolute Gasteiger partial charge is 0.0706 e. The second-order valence-corrected chi connectivity index (χ2v) is 7.88. The van der Waals surface area contributed by atoms with E-state index in [1.54, 1.807) is 0 Å². The molecule has 32 heavy (non-hydrogen) atoms. The minimum absolute atomic E-state index is 0.113. The second kappa shape index (κ2) is 8.75. The average molecular weight is 418 g/mol. The lowest BCUT2D eigenvalue weighted by Crippen LogP contribution is -1.95. The van der Waals surface area contributed by atoms with Crippen molar-refractivity contribution in [1.29, 1.82) is 0 Å². The highest BCUT2D eigenvalue weighted by molar-refractivity contribution is 5.87. The van der Waals surface area contributed by atoms with Gasteiger partial charge in [0.15, 0.2) is 0 Å². The molecule has 3 heteroatoms. The zero-order valence-corrected chi connectivity index (χ0v) is 17.6. The van der Waals surface area contributed by atoms with Gasteiger partial charge in [-0.05, 0) is 75.3 Å². The van der Waals surface area contributed by atoms with E-state index in [0.29, 0.717) is 5.56 Å². The number of rotatable bonds is 5. The van der Waals surface area contributed by atoms with E-state index in [1.165, 1.54) is 0 Å². The van der Waals surface area contributed by atoms with Crippen LogP contribution in [0, 0.1) is 0 Å². The molecule has 0 aliphatic carbocycles. The van der Waals surface area contributed by atoms with Crippen molar-refractivity contribution in [3.05, 3.63) is 114 Å². The average Bonchev–Trinajstić information content (AvgIpc) is 2.88. The third-order valence-corrected chi connectivity index (χ3v) is 5.82. The molecule has 156 valence electrons. The summed E-state index contributed by atoms with van der Waals surface area (Å²) in [5.41, 5.74) is 8.94. The Bertz CT molecular complexity index is 1320. The van der Waals surface area contributed by atoms with Crippen LogP contribution in [-0.4, -0.2) is 15.2 Å². The Morgan fingerprint density at radius 2 is 1.00 bits per heavy atom. The Hall–Kier alpha value is -3.79. The molecular weight excluding hydrogens is 394 g/mol. The van der Waals surface area contributed by atoms with Crippen LogP contribution in [0.15, 0.2) is 103 Å². The number of aliphatic hydroxyl groups is 2. The Labute approximate surface area is 187 Å². The highest BCUT2D eigenvalue weighted by atomic mass is 16.3. The maximum absolute atomic E-state index is 9.69. The monoisotopic (exact) mass is 417 g/mol. The van der Waals surface area contributed by atoms with Crippen molar-refractivity contribution in [2.24, 2.45) is 0 Å². The van der Waals surface area contributed by atoms with Gasteiger partial charge in [0.1, 0.15) is 0 Å². The predicted molar refractivity (Wildman–Crippen MR) is 130 cm³/mol. The summed E-state index contributed by atoms with van der Waals surface area (Å²) in [6.45, 7) is -0.230. The van der Waals surface area contributed by atoms with Crippen LogP contribution in [0.3, 0.4) is 0 Å². The summed E-state index contributed by atoms with van der Waals surface area (Å²) < 4.78 is 0. The second-order valence-electron chi connectivity index (χ2n) is 7.88. The fourth-order valence-electron chi connectivity index (χ4n) is 4.11. The molecule has 0 amide bonds. The number of fused-ring (bicyclic) bond motifs is 1. The molecule has 0 saturated heterocycles. The Morgan fingerprint density at radius 3 is 1.53 bits per heavy atom. The van der Waals surface area contributed by atoms with Crippen LogP contribution in [0.5, 0.6) is 0 Å². The minimum atomic E-state index is -0.116. The van der Waals surface area contributed by atoms with E-state index in [2.05, 4.69) is 77.8 Å². The van der Waals surface area contributed by atoms with Gasteiger partial charge in [-0.1, -0.05) is 60.7 Å². The van der Waals surface area contributed by atoms with Crippen molar-refractivity contribution in [1.82, 2.24) is 4.98 Å². The van der Waals surface area contributed by atoms with Gasteiger partial charge in [0.05, 0.1) is 18.7 Å². The molecule has 0 unspecified atom stereocenters. The zero-order valence-electron chi connectivity index (χ0n) is 17.6. The van der Waals surface area contributed by atoms with Crippen molar-refractivity contribution < 1.29 is 10.2 Å². The summed E-state index contributed by atoms with van der Waals surface area (Å²) in [7, 11) is 0. The molecule has 0 bridgehead atoms. The van der Waals surface area contributed by atoms with Crippen molar-refractivity contribution >= 4 is 10.9 Å². The zero-order chi connectivity index (χ0) is 21.9. The lowest BCUT2D eigenvalue weighted by molar-refractivity contribution is 0.260. The van der Waals surface area contributed by atoms with Crippen LogP contribution in [0.4, 0.5) is 0 Å². The number of benzene rings is 4. The van der Waals surface area contributed by atoms with Crippen molar-refractivity contribution in [2.45, 2.75) is 13.2 Å². The fraction of sp³-hybridized carbons (Fsp3) is 0.0690. The molecule has 0 aliphatic heterocycles. The summed E-state index contributed by atoms with van der Waals surface area (Å²) >= 11 is 0. The molecule has 0 fully saturated rings. The van der Waals surface area contributed by atoms with E-state index in [1.807, 2.05) is 30.5 Å². The predicted octanol–water partition coefficient (Wildman–Crippen LogP) is 6.22. The Balaban J connectivity index is 1.69. The molecular formula is C29H23NO2. The third-order valence-electron chi connectivity index (χ3n) is 5.82. The van der Waals surface area contributed by atoms with E-state index < -0.39 is 0 Å². The molecule has 0 radical (unpaired) electrons. The first kappa shape index (κ1) is 20.1. The van der Waals surface area contributed by atoms with Gasteiger partial charge in [-0.15, -0.1) is 0 Å². The molecule has 5 rings (SSSR count). The molecule has 1 aromatic heterocycles. The molecule has 1 heterocycles. The van der Waals surface area contributed by atoms with Crippen LogP contribution in [-0.2, 0) is 13.2 Å². The largest absolute Gasteiger partial charge is 0.392 e. The Morgan fingerprint density at radius 1 is 0.500 bits per heavy atom. The third kappa shape index (κ3) is 3.92. The first-order valence-electron chi connectivity index (χ1n) is 10.6. The molecule has 0 atom stereocenters. The van der Waals surface area contributed by atoms with Crippen molar-refractivity contribution in [2.75, 3.05) is 0 Å². The standard InChI is InChI=1S/C29H23NO2/c31-18-27-15-25-14-26(17-30-29(25)16-28(27)19-32)24-12-22(20-7-3-1-4-8-20)11-23(13-24)21-9-5-2-6-10-21/h1-17,31-32H,18-19H2. The molecule has 4 aromatic carbocycles. The maximum atomic E-state index is 9.69. The van der Waals surface area contributed by atoms with Gasteiger partial charge in [0, 0.05) is 17.1 Å². The summed E-state index contributed by atoms with van der Waals surface area (Å²) in [5, 5.41) is 20.2. The lowest BCUT2D eigenvalue weighted by atomic mass is 9.93. The number of aliphatic hydroxyl groups excluding tert-OH is 2. The van der Waals surface area contributed by atoms with Crippen LogP contribution >= 0.6 is 0 Å². The Kier molecular flexibility index (Phi) is 5.51. The summed E-state index contributed by atoms with van der Waals surface area (Å²) in [5.74, 6) is 0. The van der Waals surface area contributed by atoms with Gasteiger partial charge < -0.3 is 10.2 Å². The number of nitrogens with zero attached hydrogens (tertiary/aromatic N) is 1. The van der Waals surface area contributed by atoms with E-state index in [-0.39, 0.29) is 13.2 Å². The molecule has 5 aromatic rings. The van der Waals surface area contributed by atoms with Gasteiger partial charge in [0.2, 0.25) is 0 Å². The van der Waals surface area contributed by atoms with Gasteiger partial charge >= 0.3 is 0 Å². The van der Waals surface area contributed by atoms with Gasteiger partial charge in [-0.3, -0.25) is 4.98 Å². The van der Waals surface area contributed by atoms with Crippen LogP contribution in [0.2, 0.25) is 0 Å².